The summed E-state index contributed by atoms with van der Waals surface area (Å²) in [7, 11) is 0. The lowest BCUT2D eigenvalue weighted by molar-refractivity contribution is 0.561. The lowest BCUT2D eigenvalue weighted by atomic mass is 10.1. The third-order valence-corrected chi connectivity index (χ3v) is 2.66. The Bertz CT molecular complexity index is 282. The molecule has 0 saturated carbocycles. The maximum Gasteiger partial charge on any atom is 0.222 e. The maximum atomic E-state index is 4.29. The van der Waals surface area contributed by atoms with Gasteiger partial charge in [0.25, 0.3) is 0 Å². The molecule has 0 aliphatic heterocycles. The molecular weight excluding hydrogens is 198 g/mol. The standard InChI is InChI=1S/C13H23N3/c1-4-6-8-12(7-5-2)16-13-14-9-11(3)10-15-13/h9-10,12H,4-8H2,1-3H3,(H,14,15,16). The van der Waals surface area contributed by atoms with Crippen LogP contribution in [-0.4, -0.2) is 16.0 Å². The molecule has 3 heteroatoms. The first-order chi connectivity index (χ1) is 7.76. The van der Waals surface area contributed by atoms with E-state index >= 15 is 0 Å². The van der Waals surface area contributed by atoms with Crippen LogP contribution in [0.3, 0.4) is 0 Å². The quantitative estimate of drug-likeness (QED) is 0.765. The van der Waals surface area contributed by atoms with Crippen molar-refractivity contribution in [3.63, 3.8) is 0 Å². The molecule has 0 fully saturated rings. The predicted molar refractivity (Wildman–Crippen MR) is 68.6 cm³/mol. The van der Waals surface area contributed by atoms with E-state index in [1.165, 1.54) is 32.1 Å². The van der Waals surface area contributed by atoms with E-state index < -0.39 is 0 Å². The predicted octanol–water partition coefficient (Wildman–Crippen LogP) is 3.56. The number of aromatic nitrogens is 2. The van der Waals surface area contributed by atoms with E-state index in [9.17, 15) is 0 Å². The van der Waals surface area contributed by atoms with E-state index in [0.717, 1.165) is 11.5 Å². The fourth-order valence-electron chi connectivity index (χ4n) is 1.74. The molecule has 1 heterocycles. The number of rotatable bonds is 7. The molecule has 1 atom stereocenters. The molecule has 1 unspecified atom stereocenters. The Morgan fingerprint density at radius 3 is 2.38 bits per heavy atom. The van der Waals surface area contributed by atoms with Crippen LogP contribution in [0.1, 0.15) is 51.5 Å². The summed E-state index contributed by atoms with van der Waals surface area (Å²) in [6, 6.07) is 0.521. The number of unbranched alkanes of at least 4 members (excludes halogenated alkanes) is 1. The molecule has 1 aromatic heterocycles. The Morgan fingerprint density at radius 1 is 1.12 bits per heavy atom. The van der Waals surface area contributed by atoms with E-state index in [4.69, 9.17) is 0 Å². The van der Waals surface area contributed by atoms with Gasteiger partial charge in [0.05, 0.1) is 0 Å². The maximum absolute atomic E-state index is 4.29. The lowest BCUT2D eigenvalue weighted by Gasteiger charge is -2.17. The van der Waals surface area contributed by atoms with Crippen molar-refractivity contribution in [1.82, 2.24) is 9.97 Å². The molecular formula is C13H23N3. The van der Waals surface area contributed by atoms with Gasteiger partial charge in [-0.15, -0.1) is 0 Å². The molecule has 1 N–H and O–H groups in total. The smallest absolute Gasteiger partial charge is 0.222 e. The zero-order valence-corrected chi connectivity index (χ0v) is 10.7. The Hall–Kier alpha value is -1.12. The molecule has 0 bridgehead atoms. The first kappa shape index (κ1) is 12.9. The van der Waals surface area contributed by atoms with Gasteiger partial charge in [0.15, 0.2) is 0 Å². The van der Waals surface area contributed by atoms with Crippen molar-refractivity contribution in [3.8, 4) is 0 Å². The monoisotopic (exact) mass is 221 g/mol. The highest BCUT2D eigenvalue weighted by molar-refractivity contribution is 5.25. The minimum absolute atomic E-state index is 0.521. The van der Waals surface area contributed by atoms with Crippen molar-refractivity contribution in [2.24, 2.45) is 0 Å². The van der Waals surface area contributed by atoms with Crippen molar-refractivity contribution < 1.29 is 0 Å². The Kier molecular flexibility index (Phi) is 5.83. The number of hydrogen-bond acceptors (Lipinski definition) is 3. The first-order valence-corrected chi connectivity index (χ1v) is 6.31. The molecule has 3 nitrogen and oxygen atoms in total. The Balaban J connectivity index is 2.49. The van der Waals surface area contributed by atoms with Gasteiger partial charge >= 0.3 is 0 Å². The van der Waals surface area contributed by atoms with Crippen LogP contribution < -0.4 is 5.32 Å². The van der Waals surface area contributed by atoms with E-state index in [1.54, 1.807) is 0 Å². The van der Waals surface area contributed by atoms with Crippen molar-refractivity contribution >= 4 is 5.95 Å². The largest absolute Gasteiger partial charge is 0.351 e. The summed E-state index contributed by atoms with van der Waals surface area (Å²) in [6.07, 6.45) is 9.84. The number of hydrogen-bond donors (Lipinski definition) is 1. The molecule has 0 aromatic carbocycles. The van der Waals surface area contributed by atoms with E-state index in [-0.39, 0.29) is 0 Å². The van der Waals surface area contributed by atoms with E-state index in [1.807, 2.05) is 19.3 Å². The minimum atomic E-state index is 0.521. The topological polar surface area (TPSA) is 37.8 Å². The second kappa shape index (κ2) is 7.20. The summed E-state index contributed by atoms with van der Waals surface area (Å²) >= 11 is 0. The lowest BCUT2D eigenvalue weighted by Crippen LogP contribution is -2.20. The fraction of sp³-hybridized carbons (Fsp3) is 0.692. The second-order valence-electron chi connectivity index (χ2n) is 4.36. The van der Waals surface area contributed by atoms with Gasteiger partial charge in [-0.1, -0.05) is 33.1 Å². The van der Waals surface area contributed by atoms with Crippen LogP contribution in [0.25, 0.3) is 0 Å². The van der Waals surface area contributed by atoms with E-state index in [2.05, 4.69) is 29.1 Å². The minimum Gasteiger partial charge on any atom is -0.351 e. The molecule has 0 radical (unpaired) electrons. The van der Waals surface area contributed by atoms with Crippen molar-refractivity contribution in [3.05, 3.63) is 18.0 Å². The molecule has 0 saturated heterocycles. The van der Waals surface area contributed by atoms with Crippen LogP contribution in [0.15, 0.2) is 12.4 Å². The zero-order valence-electron chi connectivity index (χ0n) is 10.7. The van der Waals surface area contributed by atoms with Crippen LogP contribution in [0, 0.1) is 6.92 Å². The normalized spacial score (nSPS) is 12.4. The molecule has 90 valence electrons. The molecule has 0 spiro atoms. The van der Waals surface area contributed by atoms with Crippen LogP contribution in [0.2, 0.25) is 0 Å². The molecule has 0 aliphatic rings. The SMILES string of the molecule is CCCCC(CCC)Nc1ncc(C)cn1. The highest BCUT2D eigenvalue weighted by atomic mass is 15.1. The third-order valence-electron chi connectivity index (χ3n) is 2.66. The first-order valence-electron chi connectivity index (χ1n) is 6.31. The summed E-state index contributed by atoms with van der Waals surface area (Å²) < 4.78 is 0. The average molecular weight is 221 g/mol. The molecule has 16 heavy (non-hydrogen) atoms. The highest BCUT2D eigenvalue weighted by Crippen LogP contribution is 2.11. The summed E-state index contributed by atoms with van der Waals surface area (Å²) in [5.41, 5.74) is 1.10. The van der Waals surface area contributed by atoms with Gasteiger partial charge in [-0.2, -0.15) is 0 Å². The van der Waals surface area contributed by atoms with Gasteiger partial charge in [-0.25, -0.2) is 9.97 Å². The summed E-state index contributed by atoms with van der Waals surface area (Å²) in [6.45, 7) is 6.45. The molecule has 1 rings (SSSR count). The van der Waals surface area contributed by atoms with Gasteiger partial charge in [0.2, 0.25) is 5.95 Å². The molecule has 0 aliphatic carbocycles. The summed E-state index contributed by atoms with van der Waals surface area (Å²) in [4.78, 5) is 8.57. The van der Waals surface area contributed by atoms with Crippen LogP contribution >= 0.6 is 0 Å². The molecule has 0 amide bonds. The highest BCUT2D eigenvalue weighted by Gasteiger charge is 2.07. The number of nitrogens with zero attached hydrogens (tertiary/aromatic N) is 2. The number of aryl methyl sites for hydroxylation is 1. The third kappa shape index (κ3) is 4.60. The van der Waals surface area contributed by atoms with Gasteiger partial charge in [0.1, 0.15) is 0 Å². The average Bonchev–Trinajstić information content (AvgIpc) is 2.29. The number of anilines is 1. The second-order valence-corrected chi connectivity index (χ2v) is 4.36. The van der Waals surface area contributed by atoms with Gasteiger partial charge in [-0.3, -0.25) is 0 Å². The van der Waals surface area contributed by atoms with Crippen LogP contribution in [-0.2, 0) is 0 Å². The molecule has 1 aromatic rings. The fourth-order valence-corrected chi connectivity index (χ4v) is 1.74. The summed E-state index contributed by atoms with van der Waals surface area (Å²) in [5.74, 6) is 0.764. The van der Waals surface area contributed by atoms with Crippen molar-refractivity contribution in [2.75, 3.05) is 5.32 Å². The van der Waals surface area contributed by atoms with Crippen molar-refractivity contribution in [1.29, 1.82) is 0 Å². The van der Waals surface area contributed by atoms with Crippen molar-refractivity contribution in [2.45, 2.75) is 58.9 Å². The van der Waals surface area contributed by atoms with Gasteiger partial charge < -0.3 is 5.32 Å². The van der Waals surface area contributed by atoms with E-state index in [0.29, 0.717) is 6.04 Å². The summed E-state index contributed by atoms with van der Waals surface area (Å²) in [5, 5.41) is 3.42. The van der Waals surface area contributed by atoms with Gasteiger partial charge in [0, 0.05) is 18.4 Å². The number of nitrogens with one attached hydrogen (secondary N) is 1. The van der Waals surface area contributed by atoms with Crippen LogP contribution in [0.4, 0.5) is 5.95 Å². The van der Waals surface area contributed by atoms with Gasteiger partial charge in [-0.05, 0) is 25.3 Å². The van der Waals surface area contributed by atoms with Crippen LogP contribution in [0.5, 0.6) is 0 Å². The Morgan fingerprint density at radius 2 is 1.81 bits per heavy atom. The zero-order chi connectivity index (χ0) is 11.8. The Labute approximate surface area is 98.7 Å².